The number of H-pyrrole nitrogens is 1. The fraction of sp³-hybridized carbons (Fsp3) is 0.700. The molecule has 4 heteroatoms. The Balaban J connectivity index is 1.86. The lowest BCUT2D eigenvalue weighted by Crippen LogP contribution is -2.43. The zero-order valence-electron chi connectivity index (χ0n) is 8.71. The number of nitrogens with one attached hydrogen (secondary N) is 2. The van der Waals surface area contributed by atoms with Gasteiger partial charge < -0.3 is 15.0 Å². The summed E-state index contributed by atoms with van der Waals surface area (Å²) in [4.78, 5) is 7.24. The molecule has 1 aromatic rings. The van der Waals surface area contributed by atoms with E-state index in [2.05, 4.69) is 29.1 Å². The van der Waals surface area contributed by atoms with Gasteiger partial charge in [0.2, 0.25) is 0 Å². The minimum absolute atomic E-state index is 0.0490. The van der Waals surface area contributed by atoms with Gasteiger partial charge in [0.1, 0.15) is 5.82 Å². The average molecular weight is 195 g/mol. The van der Waals surface area contributed by atoms with E-state index < -0.39 is 0 Å². The maximum absolute atomic E-state index is 5.63. The molecule has 1 aliphatic rings. The number of hydrogen-bond acceptors (Lipinski definition) is 3. The highest BCUT2D eigenvalue weighted by Crippen LogP contribution is 2.24. The molecular weight excluding hydrogens is 178 g/mol. The Morgan fingerprint density at radius 3 is 3.14 bits per heavy atom. The molecule has 0 aliphatic carbocycles. The molecule has 0 amide bonds. The van der Waals surface area contributed by atoms with Crippen molar-refractivity contribution in [2.45, 2.75) is 38.5 Å². The summed E-state index contributed by atoms with van der Waals surface area (Å²) in [6.45, 7) is 5.88. The third-order valence-corrected chi connectivity index (χ3v) is 2.79. The van der Waals surface area contributed by atoms with Crippen LogP contribution in [0.3, 0.4) is 0 Å². The molecule has 1 aromatic heterocycles. The molecule has 2 heterocycles. The van der Waals surface area contributed by atoms with Crippen LogP contribution < -0.4 is 5.32 Å². The van der Waals surface area contributed by atoms with Crippen LogP contribution >= 0.6 is 0 Å². The van der Waals surface area contributed by atoms with E-state index in [1.165, 1.54) is 0 Å². The highest BCUT2D eigenvalue weighted by Gasteiger charge is 2.35. The average Bonchev–Trinajstić information content (AvgIpc) is 2.71. The quantitative estimate of drug-likeness (QED) is 0.758. The van der Waals surface area contributed by atoms with E-state index in [0.29, 0.717) is 6.04 Å². The van der Waals surface area contributed by atoms with Crippen molar-refractivity contribution in [1.29, 1.82) is 0 Å². The lowest BCUT2D eigenvalue weighted by molar-refractivity contribution is 0.0213. The van der Waals surface area contributed by atoms with Crippen molar-refractivity contribution in [3.63, 3.8) is 0 Å². The summed E-state index contributed by atoms with van der Waals surface area (Å²) in [6.07, 6.45) is 4.69. The van der Waals surface area contributed by atoms with Crippen molar-refractivity contribution in [3.05, 3.63) is 18.2 Å². The van der Waals surface area contributed by atoms with Crippen molar-refractivity contribution in [3.8, 4) is 0 Å². The van der Waals surface area contributed by atoms with Gasteiger partial charge in [0.15, 0.2) is 0 Å². The fourth-order valence-corrected chi connectivity index (χ4v) is 1.85. The summed E-state index contributed by atoms with van der Waals surface area (Å²) in [5.41, 5.74) is -0.0490. The lowest BCUT2D eigenvalue weighted by atomic mass is 9.99. The molecule has 1 aliphatic heterocycles. The Bertz CT molecular complexity index is 282. The summed E-state index contributed by atoms with van der Waals surface area (Å²) in [7, 11) is 0. The molecule has 14 heavy (non-hydrogen) atoms. The molecule has 2 N–H and O–H groups in total. The van der Waals surface area contributed by atoms with Crippen LogP contribution in [0, 0.1) is 0 Å². The number of nitrogens with zero attached hydrogens (tertiary/aromatic N) is 1. The van der Waals surface area contributed by atoms with Gasteiger partial charge in [-0.15, -0.1) is 0 Å². The van der Waals surface area contributed by atoms with Crippen molar-refractivity contribution in [1.82, 2.24) is 15.3 Å². The number of imidazole rings is 1. The highest BCUT2D eigenvalue weighted by molar-refractivity contribution is 4.93. The monoisotopic (exact) mass is 195 g/mol. The molecule has 0 bridgehead atoms. The first-order valence-corrected chi connectivity index (χ1v) is 5.04. The molecular formula is C10H17N3O. The molecule has 0 aromatic carbocycles. The van der Waals surface area contributed by atoms with Gasteiger partial charge in [-0.2, -0.15) is 0 Å². The normalized spacial score (nSPS) is 25.4. The highest BCUT2D eigenvalue weighted by atomic mass is 16.5. The molecule has 1 saturated heterocycles. The molecule has 2 rings (SSSR count). The van der Waals surface area contributed by atoms with E-state index in [1.807, 2.05) is 6.20 Å². The van der Waals surface area contributed by atoms with Gasteiger partial charge in [0.25, 0.3) is 0 Å². The number of rotatable bonds is 3. The molecule has 1 unspecified atom stereocenters. The molecule has 0 radical (unpaired) electrons. The lowest BCUT2D eigenvalue weighted by Gasteiger charge is -2.26. The number of aromatic amines is 1. The zero-order valence-corrected chi connectivity index (χ0v) is 8.71. The van der Waals surface area contributed by atoms with E-state index in [4.69, 9.17) is 4.74 Å². The predicted octanol–water partition coefficient (Wildman–Crippen LogP) is 1.07. The Labute approximate surface area is 84.1 Å². The van der Waals surface area contributed by atoms with Gasteiger partial charge in [-0.3, -0.25) is 0 Å². The van der Waals surface area contributed by atoms with E-state index in [-0.39, 0.29) is 5.60 Å². The minimum atomic E-state index is -0.0490. The molecule has 1 atom stereocenters. The third kappa shape index (κ3) is 1.96. The smallest absolute Gasteiger partial charge is 0.120 e. The van der Waals surface area contributed by atoms with Crippen LogP contribution in [0.5, 0.6) is 0 Å². The first-order valence-electron chi connectivity index (χ1n) is 5.04. The van der Waals surface area contributed by atoms with Crippen LogP contribution in [0.4, 0.5) is 0 Å². The maximum Gasteiger partial charge on any atom is 0.120 e. The van der Waals surface area contributed by atoms with Gasteiger partial charge in [0.05, 0.1) is 12.1 Å². The summed E-state index contributed by atoms with van der Waals surface area (Å²) >= 11 is 0. The van der Waals surface area contributed by atoms with Gasteiger partial charge in [-0.1, -0.05) is 0 Å². The Kier molecular flexibility index (Phi) is 2.56. The molecule has 4 nitrogen and oxygen atoms in total. The summed E-state index contributed by atoms with van der Waals surface area (Å²) in [6, 6.07) is 0.424. The van der Waals surface area contributed by atoms with Crippen molar-refractivity contribution < 1.29 is 4.74 Å². The second-order valence-corrected chi connectivity index (χ2v) is 4.21. The number of aromatic nitrogens is 2. The number of ether oxygens (including phenoxy) is 1. The van der Waals surface area contributed by atoms with E-state index in [9.17, 15) is 0 Å². The van der Waals surface area contributed by atoms with Crippen molar-refractivity contribution in [2.24, 2.45) is 0 Å². The van der Waals surface area contributed by atoms with Crippen LogP contribution in [0.25, 0.3) is 0 Å². The summed E-state index contributed by atoms with van der Waals surface area (Å²) in [5, 5.41) is 3.46. The van der Waals surface area contributed by atoms with Gasteiger partial charge in [0, 0.05) is 25.0 Å². The fourth-order valence-electron chi connectivity index (χ4n) is 1.85. The topological polar surface area (TPSA) is 49.9 Å². The van der Waals surface area contributed by atoms with Gasteiger partial charge in [-0.25, -0.2) is 4.98 Å². The Hall–Kier alpha value is -0.870. The first kappa shape index (κ1) is 9.68. The first-order chi connectivity index (χ1) is 6.68. The Morgan fingerprint density at radius 2 is 2.57 bits per heavy atom. The molecule has 0 spiro atoms. The van der Waals surface area contributed by atoms with Crippen molar-refractivity contribution in [2.75, 3.05) is 6.61 Å². The third-order valence-electron chi connectivity index (χ3n) is 2.79. The molecule has 1 fully saturated rings. The Morgan fingerprint density at radius 1 is 1.71 bits per heavy atom. The standard InChI is InChI=1S/C10H17N3O/c1-10(2)8(3-6-14-10)13-7-9-11-4-5-12-9/h4-5,8,13H,3,6-7H2,1-2H3,(H,11,12). The molecule has 0 saturated carbocycles. The zero-order chi connectivity index (χ0) is 10.0. The van der Waals surface area contributed by atoms with Gasteiger partial charge in [-0.05, 0) is 20.3 Å². The second kappa shape index (κ2) is 3.71. The van der Waals surface area contributed by atoms with Crippen molar-refractivity contribution >= 4 is 0 Å². The van der Waals surface area contributed by atoms with E-state index >= 15 is 0 Å². The van der Waals surface area contributed by atoms with Crippen LogP contribution in [-0.4, -0.2) is 28.2 Å². The predicted molar refractivity (Wildman–Crippen MR) is 53.9 cm³/mol. The van der Waals surface area contributed by atoms with E-state index in [1.54, 1.807) is 6.20 Å². The molecule has 78 valence electrons. The summed E-state index contributed by atoms with van der Waals surface area (Å²) < 4.78 is 5.63. The van der Waals surface area contributed by atoms with Crippen LogP contribution in [0.15, 0.2) is 12.4 Å². The van der Waals surface area contributed by atoms with E-state index in [0.717, 1.165) is 25.4 Å². The minimum Gasteiger partial charge on any atom is -0.374 e. The van der Waals surface area contributed by atoms with Gasteiger partial charge >= 0.3 is 0 Å². The van der Waals surface area contributed by atoms with Crippen LogP contribution in [-0.2, 0) is 11.3 Å². The summed E-state index contributed by atoms with van der Waals surface area (Å²) in [5.74, 6) is 0.979. The largest absolute Gasteiger partial charge is 0.374 e. The SMILES string of the molecule is CC1(C)OCCC1NCc1ncc[nH]1. The van der Waals surface area contributed by atoms with Crippen LogP contribution in [0.1, 0.15) is 26.1 Å². The maximum atomic E-state index is 5.63. The van der Waals surface area contributed by atoms with Crippen LogP contribution in [0.2, 0.25) is 0 Å². The number of hydrogen-bond donors (Lipinski definition) is 2. The second-order valence-electron chi connectivity index (χ2n) is 4.21.